The maximum Gasteiger partial charge on any atom is 0.534 e. The summed E-state index contributed by atoms with van der Waals surface area (Å²) in [7, 11) is -1.56. The van der Waals surface area contributed by atoms with Gasteiger partial charge in [-0.2, -0.15) is 0 Å². The van der Waals surface area contributed by atoms with Gasteiger partial charge in [0.15, 0.2) is 17.3 Å². The van der Waals surface area contributed by atoms with Crippen LogP contribution in [0.15, 0.2) is 54.6 Å². The molecule has 10 heteroatoms. The Morgan fingerprint density at radius 3 is 1.63 bits per heavy atom. The molecule has 0 N–H and O–H groups in total. The van der Waals surface area contributed by atoms with E-state index in [0.29, 0.717) is 17.3 Å². The standard InChI is InChI=1S/C31H33B2N3O5/c1-28(2)29(3,4)39-32(38-28)26-34-25(35-27(36-26)33-40-30(5,6)31(7,8)41-33)21-16-17-23-24-19(13-11-14-20(21)24)18-12-9-10-15-22(18)37-23/h9-17H,1-8H3. The van der Waals surface area contributed by atoms with Gasteiger partial charge < -0.3 is 23.4 Å². The van der Waals surface area contributed by atoms with Gasteiger partial charge in [0.1, 0.15) is 11.5 Å². The predicted molar refractivity (Wildman–Crippen MR) is 160 cm³/mol. The highest BCUT2D eigenvalue weighted by Gasteiger charge is 2.55. The predicted octanol–water partition coefficient (Wildman–Crippen LogP) is 5.06. The summed E-state index contributed by atoms with van der Waals surface area (Å²) in [5.74, 6) is 2.12. The van der Waals surface area contributed by atoms with Gasteiger partial charge in [0.25, 0.3) is 0 Å². The average molecular weight is 549 g/mol. The molecule has 4 heterocycles. The number of benzene rings is 3. The summed E-state index contributed by atoms with van der Waals surface area (Å²) >= 11 is 0. The van der Waals surface area contributed by atoms with Gasteiger partial charge in [-0.1, -0.05) is 36.4 Å². The Balaban J connectivity index is 1.41. The molecule has 208 valence electrons. The lowest BCUT2D eigenvalue weighted by molar-refractivity contribution is 0.00578. The van der Waals surface area contributed by atoms with Crippen LogP contribution in [-0.2, 0) is 18.6 Å². The molecule has 7 rings (SSSR count). The molecule has 0 unspecified atom stereocenters. The summed E-state index contributed by atoms with van der Waals surface area (Å²) < 4.78 is 31.7. The fourth-order valence-electron chi connectivity index (χ4n) is 5.41. The van der Waals surface area contributed by atoms with Crippen LogP contribution in [0.4, 0.5) is 0 Å². The molecule has 3 aliphatic heterocycles. The van der Waals surface area contributed by atoms with E-state index in [4.69, 9.17) is 38.3 Å². The summed E-state index contributed by atoms with van der Waals surface area (Å²) in [6.07, 6.45) is 0. The van der Waals surface area contributed by atoms with Crippen LogP contribution in [0.1, 0.15) is 55.4 Å². The molecule has 3 aromatic carbocycles. The van der Waals surface area contributed by atoms with Gasteiger partial charge in [0, 0.05) is 16.5 Å². The largest absolute Gasteiger partial charge is 0.534 e. The normalized spacial score (nSPS) is 21.2. The fourth-order valence-corrected chi connectivity index (χ4v) is 5.41. The second kappa shape index (κ2) is 8.61. The molecule has 8 nitrogen and oxygen atoms in total. The number of para-hydroxylation sites is 1. The van der Waals surface area contributed by atoms with Crippen molar-refractivity contribution in [2.75, 3.05) is 0 Å². The van der Waals surface area contributed by atoms with E-state index in [1.165, 1.54) is 0 Å². The van der Waals surface area contributed by atoms with Gasteiger partial charge in [0.2, 0.25) is 0 Å². The SMILES string of the molecule is CC1(C)OB(c2nc(B3OC(C)(C)C(C)(C)O3)nc(-c3ccc4c5c(cccc35)-c3ccccc3O4)n2)OC1(C)C. The first-order valence-electron chi connectivity index (χ1n) is 14.1. The van der Waals surface area contributed by atoms with Crippen molar-refractivity contribution in [3.63, 3.8) is 0 Å². The van der Waals surface area contributed by atoms with Crippen LogP contribution in [0, 0.1) is 0 Å². The van der Waals surface area contributed by atoms with Crippen molar-refractivity contribution in [3.8, 4) is 34.0 Å². The van der Waals surface area contributed by atoms with Gasteiger partial charge >= 0.3 is 14.2 Å². The molecule has 2 fully saturated rings. The van der Waals surface area contributed by atoms with E-state index in [1.807, 2.05) is 85.7 Å². The van der Waals surface area contributed by atoms with E-state index in [1.54, 1.807) is 0 Å². The minimum Gasteiger partial charge on any atom is -0.456 e. The molecule has 1 aromatic heterocycles. The van der Waals surface area contributed by atoms with Crippen molar-refractivity contribution >= 4 is 36.5 Å². The van der Waals surface area contributed by atoms with E-state index in [9.17, 15) is 0 Å². The number of ether oxygens (including phenoxy) is 1. The molecule has 0 spiro atoms. The monoisotopic (exact) mass is 549 g/mol. The van der Waals surface area contributed by atoms with E-state index in [0.717, 1.165) is 39.0 Å². The Morgan fingerprint density at radius 2 is 1.05 bits per heavy atom. The molecule has 0 bridgehead atoms. The zero-order valence-electron chi connectivity index (χ0n) is 24.7. The summed E-state index contributed by atoms with van der Waals surface area (Å²) in [6, 6.07) is 18.3. The maximum absolute atomic E-state index is 6.36. The van der Waals surface area contributed by atoms with E-state index in [-0.39, 0.29) is 0 Å². The number of rotatable bonds is 3. The second-order valence-corrected chi connectivity index (χ2v) is 13.0. The van der Waals surface area contributed by atoms with Gasteiger partial charge in [0.05, 0.1) is 22.4 Å². The Bertz CT molecular complexity index is 1640. The third-order valence-corrected chi connectivity index (χ3v) is 9.24. The van der Waals surface area contributed by atoms with Crippen LogP contribution >= 0.6 is 0 Å². The average Bonchev–Trinajstić information content (AvgIpc) is 3.28. The van der Waals surface area contributed by atoms with Gasteiger partial charge in [-0.15, -0.1) is 0 Å². The van der Waals surface area contributed by atoms with Crippen LogP contribution in [-0.4, -0.2) is 51.6 Å². The van der Waals surface area contributed by atoms with Crippen molar-refractivity contribution in [1.82, 2.24) is 15.0 Å². The highest BCUT2D eigenvalue weighted by molar-refractivity contribution is 6.63. The lowest BCUT2D eigenvalue weighted by atomic mass is 9.85. The van der Waals surface area contributed by atoms with Gasteiger partial charge in [-0.25, -0.2) is 15.0 Å². The lowest BCUT2D eigenvalue weighted by Gasteiger charge is -2.32. The molecule has 0 radical (unpaired) electrons. The Kier molecular flexibility index (Phi) is 5.58. The molecule has 0 atom stereocenters. The summed E-state index contributed by atoms with van der Waals surface area (Å²) in [4.78, 5) is 14.7. The highest BCUT2D eigenvalue weighted by atomic mass is 16.7. The molecule has 41 heavy (non-hydrogen) atoms. The molecule has 0 amide bonds. The molecular weight excluding hydrogens is 516 g/mol. The Morgan fingerprint density at radius 1 is 0.512 bits per heavy atom. The second-order valence-electron chi connectivity index (χ2n) is 13.0. The van der Waals surface area contributed by atoms with Crippen molar-refractivity contribution < 1.29 is 23.4 Å². The Hall–Kier alpha value is -3.30. The molecule has 2 saturated heterocycles. The van der Waals surface area contributed by atoms with E-state index < -0.39 is 36.6 Å². The van der Waals surface area contributed by atoms with Crippen molar-refractivity contribution in [2.45, 2.75) is 77.8 Å². The smallest absolute Gasteiger partial charge is 0.456 e. The zero-order valence-corrected chi connectivity index (χ0v) is 24.7. The zero-order chi connectivity index (χ0) is 28.9. The van der Waals surface area contributed by atoms with Gasteiger partial charge in [-0.3, -0.25) is 0 Å². The van der Waals surface area contributed by atoms with Crippen LogP contribution < -0.4 is 16.2 Å². The van der Waals surface area contributed by atoms with Crippen LogP contribution in [0.25, 0.3) is 33.3 Å². The topological polar surface area (TPSA) is 84.8 Å². The van der Waals surface area contributed by atoms with E-state index in [2.05, 4.69) is 24.3 Å². The van der Waals surface area contributed by atoms with Crippen molar-refractivity contribution in [3.05, 3.63) is 54.6 Å². The maximum atomic E-state index is 6.36. The molecular formula is C31H33B2N3O5. The third kappa shape index (κ3) is 4.03. The first-order valence-corrected chi connectivity index (χ1v) is 14.1. The van der Waals surface area contributed by atoms with Crippen LogP contribution in [0.3, 0.4) is 0 Å². The number of nitrogens with zero attached hydrogens (tertiary/aromatic N) is 3. The summed E-state index contributed by atoms with van der Waals surface area (Å²) in [6.45, 7) is 16.1. The molecule has 0 saturated carbocycles. The number of hydrogen-bond donors (Lipinski definition) is 0. The number of aromatic nitrogens is 3. The molecule has 4 aromatic rings. The first-order chi connectivity index (χ1) is 19.3. The van der Waals surface area contributed by atoms with Crippen LogP contribution in [0.2, 0.25) is 0 Å². The van der Waals surface area contributed by atoms with Gasteiger partial charge in [-0.05, 0) is 84.5 Å². The van der Waals surface area contributed by atoms with Crippen LogP contribution in [0.5, 0.6) is 11.5 Å². The highest BCUT2D eigenvalue weighted by Crippen LogP contribution is 2.48. The minimum atomic E-state index is -0.780. The lowest BCUT2D eigenvalue weighted by Crippen LogP contribution is -2.48. The molecule has 0 aliphatic carbocycles. The number of hydrogen-bond acceptors (Lipinski definition) is 8. The summed E-state index contributed by atoms with van der Waals surface area (Å²) in [5, 5.41) is 1.99. The number of fused-ring (bicyclic) bond motifs is 2. The minimum absolute atomic E-state index is 0.375. The van der Waals surface area contributed by atoms with E-state index >= 15 is 0 Å². The summed E-state index contributed by atoms with van der Waals surface area (Å²) in [5.41, 5.74) is 1.52. The first kappa shape index (κ1) is 26.6. The quantitative estimate of drug-likeness (QED) is 0.289. The van der Waals surface area contributed by atoms with Crippen molar-refractivity contribution in [1.29, 1.82) is 0 Å². The fraction of sp³-hybridized carbons (Fsp3) is 0.387. The Labute approximate surface area is 241 Å². The van der Waals surface area contributed by atoms with Crippen molar-refractivity contribution in [2.24, 2.45) is 0 Å². The third-order valence-electron chi connectivity index (χ3n) is 9.24. The molecule has 3 aliphatic rings.